The van der Waals surface area contributed by atoms with Crippen LogP contribution in [0.5, 0.6) is 0 Å². The van der Waals surface area contributed by atoms with Crippen LogP contribution in [0.4, 0.5) is 0 Å². The molecule has 5 N–H and O–H groups in total. The Kier molecular flexibility index (Phi) is 20.6. The van der Waals surface area contributed by atoms with Gasteiger partial charge in [-0.1, -0.05) is 90.9 Å². The van der Waals surface area contributed by atoms with E-state index in [0.29, 0.717) is 18.8 Å². The Morgan fingerprint density at radius 1 is 0.902 bits per heavy atom. The highest BCUT2D eigenvalue weighted by Crippen LogP contribution is 2.42. The van der Waals surface area contributed by atoms with E-state index < -0.39 is 24.4 Å². The summed E-state index contributed by atoms with van der Waals surface area (Å²) in [4.78, 5) is 25.7. The molecular formula is C33H65N3O5. The third kappa shape index (κ3) is 17.5. The van der Waals surface area contributed by atoms with Crippen LogP contribution < -0.4 is 16.0 Å². The van der Waals surface area contributed by atoms with Crippen molar-refractivity contribution in [2.24, 2.45) is 5.92 Å². The summed E-state index contributed by atoms with van der Waals surface area (Å²) in [6.45, 7) is 9.20. The average molecular weight is 584 g/mol. The SMILES string of the molecule is CCCCCCCCCCCCCCCC(=O)NC(CCCCNC1(C)CC1C)C(=O)NCC(OC)C(O)C(C)O. The van der Waals surface area contributed by atoms with Gasteiger partial charge in [0.25, 0.3) is 0 Å². The molecule has 0 aromatic rings. The minimum atomic E-state index is -1.11. The Morgan fingerprint density at radius 2 is 1.44 bits per heavy atom. The zero-order valence-corrected chi connectivity index (χ0v) is 27.1. The summed E-state index contributed by atoms with van der Waals surface area (Å²) < 4.78 is 5.25. The molecule has 8 heteroatoms. The quantitative estimate of drug-likeness (QED) is 0.0828. The fourth-order valence-electron chi connectivity index (χ4n) is 5.49. The molecule has 0 aromatic carbocycles. The summed E-state index contributed by atoms with van der Waals surface area (Å²) >= 11 is 0. The smallest absolute Gasteiger partial charge is 0.242 e. The molecule has 6 atom stereocenters. The maximum Gasteiger partial charge on any atom is 0.242 e. The normalized spacial score (nSPS) is 21.2. The number of hydrogen-bond donors (Lipinski definition) is 5. The van der Waals surface area contributed by atoms with Gasteiger partial charge in [0.15, 0.2) is 0 Å². The Hall–Kier alpha value is -1.22. The van der Waals surface area contributed by atoms with E-state index >= 15 is 0 Å². The second-order valence-corrected chi connectivity index (χ2v) is 12.8. The minimum absolute atomic E-state index is 0.0599. The zero-order chi connectivity index (χ0) is 30.5. The van der Waals surface area contributed by atoms with Gasteiger partial charge in [-0.2, -0.15) is 0 Å². The molecule has 0 heterocycles. The molecule has 2 amide bonds. The Labute approximate surface area is 251 Å². The second kappa shape index (κ2) is 22.3. The van der Waals surface area contributed by atoms with E-state index in [1.165, 1.54) is 84.7 Å². The Balaban J connectivity index is 2.33. The highest BCUT2D eigenvalue weighted by atomic mass is 16.5. The third-order valence-electron chi connectivity index (χ3n) is 8.92. The van der Waals surface area contributed by atoms with Gasteiger partial charge in [-0.15, -0.1) is 0 Å². The van der Waals surface area contributed by atoms with E-state index in [2.05, 4.69) is 36.7 Å². The number of aliphatic hydroxyl groups is 2. The monoisotopic (exact) mass is 583 g/mol. The maximum absolute atomic E-state index is 13.0. The van der Waals surface area contributed by atoms with Crippen molar-refractivity contribution < 1.29 is 24.5 Å². The number of amides is 2. The molecule has 0 spiro atoms. The first kappa shape index (κ1) is 37.8. The molecule has 6 unspecified atom stereocenters. The van der Waals surface area contributed by atoms with Crippen LogP contribution in [-0.4, -0.2) is 72.1 Å². The van der Waals surface area contributed by atoms with Crippen molar-refractivity contribution in [3.63, 3.8) is 0 Å². The number of hydrogen-bond acceptors (Lipinski definition) is 6. The fraction of sp³-hybridized carbons (Fsp3) is 0.939. The van der Waals surface area contributed by atoms with Gasteiger partial charge >= 0.3 is 0 Å². The van der Waals surface area contributed by atoms with Crippen molar-refractivity contribution in [3.05, 3.63) is 0 Å². The van der Waals surface area contributed by atoms with E-state index in [0.717, 1.165) is 38.6 Å². The van der Waals surface area contributed by atoms with E-state index in [9.17, 15) is 19.8 Å². The lowest BCUT2D eigenvalue weighted by molar-refractivity contribution is -0.130. The molecule has 0 radical (unpaired) electrons. The van der Waals surface area contributed by atoms with Crippen LogP contribution in [0.25, 0.3) is 0 Å². The lowest BCUT2D eigenvalue weighted by Crippen LogP contribution is -2.51. The van der Waals surface area contributed by atoms with Crippen LogP contribution in [0.3, 0.4) is 0 Å². The van der Waals surface area contributed by atoms with Crippen LogP contribution in [0, 0.1) is 5.92 Å². The fourth-order valence-corrected chi connectivity index (χ4v) is 5.49. The van der Waals surface area contributed by atoms with Crippen LogP contribution in [-0.2, 0) is 14.3 Å². The summed E-state index contributed by atoms with van der Waals surface area (Å²) in [5.74, 6) is 0.341. The van der Waals surface area contributed by atoms with Crippen LogP contribution >= 0.6 is 0 Å². The molecule has 0 aliphatic heterocycles. The summed E-state index contributed by atoms with van der Waals surface area (Å²) in [5.41, 5.74) is 0.249. The number of ether oxygens (including phenoxy) is 1. The second-order valence-electron chi connectivity index (χ2n) is 12.8. The van der Waals surface area contributed by atoms with Gasteiger partial charge in [-0.25, -0.2) is 0 Å². The largest absolute Gasteiger partial charge is 0.391 e. The first-order chi connectivity index (χ1) is 19.6. The predicted octanol–water partition coefficient (Wildman–Crippen LogP) is 5.38. The summed E-state index contributed by atoms with van der Waals surface area (Å²) in [6.07, 6.45) is 17.5. The highest BCUT2D eigenvalue weighted by molar-refractivity contribution is 5.87. The van der Waals surface area contributed by atoms with Crippen molar-refractivity contribution in [2.75, 3.05) is 20.2 Å². The van der Waals surface area contributed by atoms with E-state index in [4.69, 9.17) is 4.74 Å². The number of methoxy groups -OCH3 is 1. The van der Waals surface area contributed by atoms with E-state index in [1.54, 1.807) is 0 Å². The van der Waals surface area contributed by atoms with Crippen molar-refractivity contribution in [1.29, 1.82) is 0 Å². The lowest BCUT2D eigenvalue weighted by atomic mass is 10.0. The third-order valence-corrected chi connectivity index (χ3v) is 8.92. The minimum Gasteiger partial charge on any atom is -0.391 e. The summed E-state index contributed by atoms with van der Waals surface area (Å²) in [5, 5.41) is 29.2. The number of aliphatic hydroxyl groups excluding tert-OH is 2. The molecule has 8 nitrogen and oxygen atoms in total. The van der Waals surface area contributed by atoms with Crippen LogP contribution in [0.15, 0.2) is 0 Å². The number of carbonyl (C=O) groups excluding carboxylic acids is 2. The summed E-state index contributed by atoms with van der Waals surface area (Å²) in [6, 6.07) is -0.624. The molecule has 242 valence electrons. The molecule has 1 rings (SSSR count). The molecule has 41 heavy (non-hydrogen) atoms. The van der Waals surface area contributed by atoms with Gasteiger partial charge in [-0.05, 0) is 58.4 Å². The van der Waals surface area contributed by atoms with Crippen molar-refractivity contribution >= 4 is 11.8 Å². The molecule has 0 aromatic heterocycles. The van der Waals surface area contributed by atoms with Gasteiger partial charge in [0.05, 0.1) is 6.10 Å². The van der Waals surface area contributed by atoms with Gasteiger partial charge in [-0.3, -0.25) is 9.59 Å². The number of carbonyl (C=O) groups is 2. The van der Waals surface area contributed by atoms with Gasteiger partial charge < -0.3 is 30.9 Å². The highest BCUT2D eigenvalue weighted by Gasteiger charge is 2.45. The number of nitrogens with one attached hydrogen (secondary N) is 3. The molecule has 1 aliphatic rings. The topological polar surface area (TPSA) is 120 Å². The molecule has 1 aliphatic carbocycles. The average Bonchev–Trinajstić information content (AvgIpc) is 3.55. The number of unbranched alkanes of at least 4 members (excludes halogenated alkanes) is 13. The molecular weight excluding hydrogens is 518 g/mol. The molecule has 1 saturated carbocycles. The first-order valence-corrected chi connectivity index (χ1v) is 16.9. The van der Waals surface area contributed by atoms with Crippen LogP contribution in [0.2, 0.25) is 0 Å². The van der Waals surface area contributed by atoms with Gasteiger partial charge in [0.2, 0.25) is 11.8 Å². The zero-order valence-electron chi connectivity index (χ0n) is 27.1. The van der Waals surface area contributed by atoms with Gasteiger partial charge in [0, 0.05) is 25.6 Å². The first-order valence-electron chi connectivity index (χ1n) is 16.9. The standard InChI is InChI=1S/C33H65N3O5/c1-6-7-8-9-10-11-12-13-14-15-16-17-18-22-30(38)36-28(21-19-20-23-35-33(4)24-26(33)2)32(40)34-25-29(41-5)31(39)27(3)37/h26-29,31,35,37,39H,6-25H2,1-5H3,(H,34,40)(H,36,38). The summed E-state index contributed by atoms with van der Waals surface area (Å²) in [7, 11) is 1.44. The molecule has 1 fully saturated rings. The van der Waals surface area contributed by atoms with Gasteiger partial charge in [0.1, 0.15) is 18.2 Å². The van der Waals surface area contributed by atoms with E-state index in [1.807, 2.05) is 0 Å². The van der Waals surface area contributed by atoms with E-state index in [-0.39, 0.29) is 23.9 Å². The van der Waals surface area contributed by atoms with Crippen LogP contribution in [0.1, 0.15) is 143 Å². The van der Waals surface area contributed by atoms with Crippen molar-refractivity contribution in [3.8, 4) is 0 Å². The predicted molar refractivity (Wildman–Crippen MR) is 168 cm³/mol. The van der Waals surface area contributed by atoms with Crippen molar-refractivity contribution in [1.82, 2.24) is 16.0 Å². The molecule has 0 saturated heterocycles. The lowest BCUT2D eigenvalue weighted by Gasteiger charge is -2.25. The molecule has 0 bridgehead atoms. The number of rotatable bonds is 27. The Bertz CT molecular complexity index is 692. The van der Waals surface area contributed by atoms with Crippen molar-refractivity contribution in [2.45, 2.75) is 173 Å². The Morgan fingerprint density at radius 3 is 1.93 bits per heavy atom. The maximum atomic E-state index is 13.0.